The molecule has 0 spiro atoms. The highest BCUT2D eigenvalue weighted by molar-refractivity contribution is 8.23. The van der Waals surface area contributed by atoms with Crippen LogP contribution in [0.4, 0.5) is 0 Å². The van der Waals surface area contributed by atoms with Crippen molar-refractivity contribution in [1.82, 2.24) is 9.80 Å². The smallest absolute Gasteiger partial charge is 0.261 e. The van der Waals surface area contributed by atoms with Crippen LogP contribution in [0, 0.1) is 5.41 Å². The van der Waals surface area contributed by atoms with Gasteiger partial charge < -0.3 is 0 Å². The molecule has 2 heterocycles. The summed E-state index contributed by atoms with van der Waals surface area (Å²) in [4.78, 5) is 30.3. The summed E-state index contributed by atoms with van der Waals surface area (Å²) in [6, 6.07) is 19.0. The predicted octanol–water partition coefficient (Wildman–Crippen LogP) is 5.60. The van der Waals surface area contributed by atoms with Crippen molar-refractivity contribution < 1.29 is 9.59 Å². The molecule has 4 rings (SSSR count). The number of hydrogen-bond acceptors (Lipinski definition) is 4. The van der Waals surface area contributed by atoms with E-state index < -0.39 is 0 Å². The van der Waals surface area contributed by atoms with Gasteiger partial charge in [0.05, 0.1) is 6.04 Å². The molecule has 4 nitrogen and oxygen atoms in total. The average Bonchev–Trinajstić information content (AvgIpc) is 3.21. The SMILES string of the molecule is CC(C)(C)[C@H]1CSC(=S)N1C(=O)C1=CN(C(=O)c2ccccc2)C=C[C@H]1c1ccccc1. The van der Waals surface area contributed by atoms with Crippen molar-refractivity contribution in [2.45, 2.75) is 32.7 Å². The number of benzene rings is 2. The van der Waals surface area contributed by atoms with Gasteiger partial charge in [0.1, 0.15) is 4.32 Å². The molecule has 0 aromatic heterocycles. The topological polar surface area (TPSA) is 40.6 Å². The minimum atomic E-state index is -0.252. The molecule has 1 saturated heterocycles. The number of thioether (sulfide) groups is 1. The van der Waals surface area contributed by atoms with Crippen molar-refractivity contribution in [3.05, 3.63) is 95.8 Å². The summed E-state index contributed by atoms with van der Waals surface area (Å²) in [5.41, 5.74) is 2.00. The number of nitrogens with zero attached hydrogens (tertiary/aromatic N) is 2. The monoisotopic (exact) mass is 462 g/mol. The molecule has 0 radical (unpaired) electrons. The molecular formula is C26H26N2O2S2. The van der Waals surface area contributed by atoms with Gasteiger partial charge >= 0.3 is 0 Å². The van der Waals surface area contributed by atoms with Crippen LogP contribution in [0.3, 0.4) is 0 Å². The lowest BCUT2D eigenvalue weighted by Gasteiger charge is -2.36. The Morgan fingerprint density at radius 1 is 0.969 bits per heavy atom. The molecule has 2 amide bonds. The predicted molar refractivity (Wildman–Crippen MR) is 134 cm³/mol. The zero-order chi connectivity index (χ0) is 22.9. The average molecular weight is 463 g/mol. The number of carbonyl (C=O) groups excluding carboxylic acids is 2. The Morgan fingerprint density at radius 3 is 2.22 bits per heavy atom. The zero-order valence-corrected chi connectivity index (χ0v) is 20.0. The van der Waals surface area contributed by atoms with E-state index in [9.17, 15) is 9.59 Å². The summed E-state index contributed by atoms with van der Waals surface area (Å²) >= 11 is 7.13. The summed E-state index contributed by atoms with van der Waals surface area (Å²) in [6.45, 7) is 6.38. The van der Waals surface area contributed by atoms with Crippen LogP contribution in [0.1, 0.15) is 42.6 Å². The third kappa shape index (κ3) is 4.43. The van der Waals surface area contributed by atoms with Gasteiger partial charge in [-0.3, -0.25) is 19.4 Å². The lowest BCUT2D eigenvalue weighted by atomic mass is 9.85. The van der Waals surface area contributed by atoms with E-state index in [2.05, 4.69) is 20.8 Å². The van der Waals surface area contributed by atoms with E-state index in [1.165, 1.54) is 4.90 Å². The van der Waals surface area contributed by atoms with Gasteiger partial charge in [0, 0.05) is 35.2 Å². The molecule has 164 valence electrons. The fourth-order valence-electron chi connectivity index (χ4n) is 3.97. The van der Waals surface area contributed by atoms with Gasteiger partial charge in [-0.25, -0.2) is 0 Å². The van der Waals surface area contributed by atoms with Crippen LogP contribution in [-0.4, -0.2) is 37.7 Å². The van der Waals surface area contributed by atoms with Gasteiger partial charge in [0.25, 0.3) is 11.8 Å². The highest BCUT2D eigenvalue weighted by Crippen LogP contribution is 2.39. The Hall–Kier alpha value is -2.70. The first kappa shape index (κ1) is 22.5. The van der Waals surface area contributed by atoms with Gasteiger partial charge in [0.2, 0.25) is 0 Å². The first-order valence-corrected chi connectivity index (χ1v) is 12.0. The number of allylic oxidation sites excluding steroid dienone is 1. The fraction of sp³-hybridized carbons (Fsp3) is 0.269. The fourth-order valence-corrected chi connectivity index (χ4v) is 5.69. The molecule has 32 heavy (non-hydrogen) atoms. The van der Waals surface area contributed by atoms with E-state index in [1.807, 2.05) is 54.6 Å². The standard InChI is InChI=1S/C26H26N2O2S2/c1-26(2,3)22-17-32-25(31)28(22)24(30)21-16-27(23(29)19-12-8-5-9-13-19)15-14-20(21)18-10-6-4-7-11-18/h4-16,20,22H,17H2,1-3H3/t20-,22+/m0/s1. The lowest BCUT2D eigenvalue weighted by Crippen LogP contribution is -2.47. The maximum Gasteiger partial charge on any atom is 0.261 e. The Balaban J connectivity index is 1.74. The Bertz CT molecular complexity index is 1090. The van der Waals surface area contributed by atoms with Crippen molar-refractivity contribution in [3.8, 4) is 0 Å². The molecule has 0 saturated carbocycles. The van der Waals surface area contributed by atoms with Gasteiger partial charge in [-0.05, 0) is 23.1 Å². The molecule has 6 heteroatoms. The molecule has 0 bridgehead atoms. The second-order valence-corrected chi connectivity index (χ2v) is 10.7. The molecule has 2 atom stereocenters. The Kier molecular flexibility index (Phi) is 6.35. The molecule has 2 aliphatic heterocycles. The van der Waals surface area contributed by atoms with Crippen LogP contribution >= 0.6 is 24.0 Å². The van der Waals surface area contributed by atoms with Gasteiger partial charge in [-0.15, -0.1) is 0 Å². The maximum absolute atomic E-state index is 13.9. The van der Waals surface area contributed by atoms with Crippen LogP contribution < -0.4 is 0 Å². The van der Waals surface area contributed by atoms with Crippen LogP contribution in [0.25, 0.3) is 0 Å². The van der Waals surface area contributed by atoms with Crippen molar-refractivity contribution in [2.75, 3.05) is 5.75 Å². The maximum atomic E-state index is 13.9. The minimum absolute atomic E-state index is 0.00555. The number of thiocarbonyl (C=S) groups is 1. The third-order valence-corrected chi connectivity index (χ3v) is 7.28. The van der Waals surface area contributed by atoms with Gasteiger partial charge in [-0.1, -0.05) is 99.4 Å². The molecule has 2 aliphatic rings. The van der Waals surface area contributed by atoms with Gasteiger partial charge in [-0.2, -0.15) is 0 Å². The van der Waals surface area contributed by atoms with E-state index >= 15 is 0 Å². The highest BCUT2D eigenvalue weighted by Gasteiger charge is 2.43. The van der Waals surface area contributed by atoms with Crippen molar-refractivity contribution in [3.63, 3.8) is 0 Å². The Morgan fingerprint density at radius 2 is 1.59 bits per heavy atom. The van der Waals surface area contributed by atoms with Gasteiger partial charge in [0.15, 0.2) is 0 Å². The van der Waals surface area contributed by atoms with E-state index in [4.69, 9.17) is 12.2 Å². The summed E-state index contributed by atoms with van der Waals surface area (Å²) < 4.78 is 0.595. The largest absolute Gasteiger partial charge is 0.290 e. The van der Waals surface area contributed by atoms with E-state index in [-0.39, 0.29) is 29.2 Å². The van der Waals surface area contributed by atoms with Crippen molar-refractivity contribution >= 4 is 40.1 Å². The van der Waals surface area contributed by atoms with Crippen LogP contribution in [0.5, 0.6) is 0 Å². The molecule has 0 N–H and O–H groups in total. The van der Waals surface area contributed by atoms with E-state index in [0.717, 1.165) is 11.3 Å². The summed E-state index contributed by atoms with van der Waals surface area (Å²) in [7, 11) is 0. The van der Waals surface area contributed by atoms with Crippen molar-refractivity contribution in [2.24, 2.45) is 5.41 Å². The summed E-state index contributed by atoms with van der Waals surface area (Å²) in [5.74, 6) is 0.214. The van der Waals surface area contributed by atoms with Crippen LogP contribution in [-0.2, 0) is 4.79 Å². The molecule has 1 fully saturated rings. The van der Waals surface area contributed by atoms with Crippen molar-refractivity contribution in [1.29, 1.82) is 0 Å². The zero-order valence-electron chi connectivity index (χ0n) is 18.4. The Labute approximate surface area is 199 Å². The highest BCUT2D eigenvalue weighted by atomic mass is 32.2. The number of amides is 2. The van der Waals surface area contributed by atoms with E-state index in [1.54, 1.807) is 41.2 Å². The number of carbonyl (C=O) groups is 2. The molecule has 2 aromatic carbocycles. The first-order valence-electron chi connectivity index (χ1n) is 10.6. The van der Waals surface area contributed by atoms with E-state index in [0.29, 0.717) is 15.5 Å². The summed E-state index contributed by atoms with van der Waals surface area (Å²) in [6.07, 6.45) is 5.35. The lowest BCUT2D eigenvalue weighted by molar-refractivity contribution is -0.126. The molecule has 0 aliphatic carbocycles. The number of hydrogen-bond donors (Lipinski definition) is 0. The normalized spacial score (nSPS) is 21.0. The van der Waals surface area contributed by atoms with Crippen LogP contribution in [0.2, 0.25) is 0 Å². The molecule has 2 aromatic rings. The van der Waals surface area contributed by atoms with Crippen LogP contribution in [0.15, 0.2) is 84.7 Å². The first-order chi connectivity index (χ1) is 15.3. The summed E-state index contributed by atoms with van der Waals surface area (Å²) in [5, 5.41) is 0. The third-order valence-electron chi connectivity index (χ3n) is 5.80. The second kappa shape index (κ2) is 9.04. The quantitative estimate of drug-likeness (QED) is 0.557. The number of rotatable bonds is 3. The molecular weight excluding hydrogens is 436 g/mol. The second-order valence-electron chi connectivity index (χ2n) is 9.03. The molecule has 0 unspecified atom stereocenters. The minimum Gasteiger partial charge on any atom is -0.290 e.